The topological polar surface area (TPSA) is 12.0 Å². The summed E-state index contributed by atoms with van der Waals surface area (Å²) in [6, 6.07) is 9.28. The van der Waals surface area contributed by atoms with Crippen LogP contribution in [0, 0.1) is 11.8 Å². The molecule has 2 atom stereocenters. The second-order valence-corrected chi connectivity index (χ2v) is 5.50. The fourth-order valence-electron chi connectivity index (χ4n) is 2.52. The maximum atomic E-state index is 3.27. The molecular weight excluding hydrogens is 194 g/mol. The van der Waals surface area contributed by atoms with E-state index < -0.39 is 0 Å². The van der Waals surface area contributed by atoms with Gasteiger partial charge in [-0.2, -0.15) is 0 Å². The van der Waals surface area contributed by atoms with E-state index in [-0.39, 0.29) is 0 Å². The van der Waals surface area contributed by atoms with Gasteiger partial charge in [-0.1, -0.05) is 38.1 Å². The van der Waals surface area contributed by atoms with Crippen molar-refractivity contribution in [3.05, 3.63) is 35.4 Å². The van der Waals surface area contributed by atoms with E-state index in [1.54, 1.807) is 0 Å². The van der Waals surface area contributed by atoms with Crippen LogP contribution in [0.15, 0.2) is 24.3 Å². The second kappa shape index (κ2) is 5.01. The lowest BCUT2D eigenvalue weighted by molar-refractivity contribution is 0.647. The first-order chi connectivity index (χ1) is 7.70. The second-order valence-electron chi connectivity index (χ2n) is 5.50. The number of benzene rings is 1. The van der Waals surface area contributed by atoms with Crippen molar-refractivity contribution >= 4 is 0 Å². The molecule has 0 bridgehead atoms. The Hall–Kier alpha value is -0.820. The molecule has 0 saturated heterocycles. The SMILES string of the molecule is CNCC1CC1c1ccc(CC(C)C)cc1. The minimum Gasteiger partial charge on any atom is -0.319 e. The van der Waals surface area contributed by atoms with Gasteiger partial charge in [-0.25, -0.2) is 0 Å². The van der Waals surface area contributed by atoms with E-state index in [0.717, 1.165) is 17.8 Å². The molecule has 0 aromatic heterocycles. The molecule has 1 nitrogen and oxygen atoms in total. The first-order valence-electron chi connectivity index (χ1n) is 6.44. The van der Waals surface area contributed by atoms with Crippen LogP contribution in [-0.4, -0.2) is 13.6 Å². The van der Waals surface area contributed by atoms with Crippen molar-refractivity contribution in [3.63, 3.8) is 0 Å². The van der Waals surface area contributed by atoms with E-state index in [2.05, 4.69) is 43.4 Å². The maximum absolute atomic E-state index is 3.27. The molecule has 0 spiro atoms. The molecular formula is C15H23N. The van der Waals surface area contributed by atoms with Crippen molar-refractivity contribution in [2.45, 2.75) is 32.6 Å². The normalized spacial score (nSPS) is 23.8. The fourth-order valence-corrected chi connectivity index (χ4v) is 2.52. The van der Waals surface area contributed by atoms with Gasteiger partial charge >= 0.3 is 0 Å². The van der Waals surface area contributed by atoms with Gasteiger partial charge in [0.15, 0.2) is 0 Å². The summed E-state index contributed by atoms with van der Waals surface area (Å²) in [5.74, 6) is 2.45. The van der Waals surface area contributed by atoms with Crippen LogP contribution in [-0.2, 0) is 6.42 Å². The Morgan fingerprint density at radius 2 is 1.94 bits per heavy atom. The average molecular weight is 217 g/mol. The van der Waals surface area contributed by atoms with E-state index in [4.69, 9.17) is 0 Å². The van der Waals surface area contributed by atoms with Crippen molar-refractivity contribution < 1.29 is 0 Å². The van der Waals surface area contributed by atoms with Gasteiger partial charge in [0.2, 0.25) is 0 Å². The van der Waals surface area contributed by atoms with Gasteiger partial charge in [-0.3, -0.25) is 0 Å². The summed E-state index contributed by atoms with van der Waals surface area (Å²) in [6.45, 7) is 5.72. The van der Waals surface area contributed by atoms with E-state index in [0.29, 0.717) is 0 Å². The fraction of sp³-hybridized carbons (Fsp3) is 0.600. The minimum absolute atomic E-state index is 0.754. The Balaban J connectivity index is 1.93. The molecule has 0 radical (unpaired) electrons. The lowest BCUT2D eigenvalue weighted by atomic mass is 10.00. The largest absolute Gasteiger partial charge is 0.319 e. The van der Waals surface area contributed by atoms with Crippen LogP contribution >= 0.6 is 0 Å². The Kier molecular flexibility index (Phi) is 3.65. The predicted molar refractivity (Wildman–Crippen MR) is 69.8 cm³/mol. The molecule has 1 aromatic rings. The lowest BCUT2D eigenvalue weighted by Crippen LogP contribution is -2.10. The summed E-state index contributed by atoms with van der Waals surface area (Å²) in [5, 5.41) is 3.27. The van der Waals surface area contributed by atoms with Crippen LogP contribution in [0.4, 0.5) is 0 Å². The molecule has 2 rings (SSSR count). The molecule has 0 amide bonds. The first kappa shape index (κ1) is 11.7. The quantitative estimate of drug-likeness (QED) is 0.798. The standard InChI is InChI=1S/C15H23N/c1-11(2)8-12-4-6-13(7-5-12)15-9-14(15)10-16-3/h4-7,11,14-16H,8-10H2,1-3H3. The van der Waals surface area contributed by atoms with Crippen LogP contribution in [0.5, 0.6) is 0 Å². The molecule has 1 heteroatoms. The molecule has 1 saturated carbocycles. The molecule has 1 aromatic carbocycles. The van der Waals surface area contributed by atoms with E-state index >= 15 is 0 Å². The molecule has 1 fully saturated rings. The third-order valence-corrected chi connectivity index (χ3v) is 3.44. The Morgan fingerprint density at radius 1 is 1.25 bits per heavy atom. The van der Waals surface area contributed by atoms with Crippen molar-refractivity contribution in [1.82, 2.24) is 5.32 Å². The highest BCUT2D eigenvalue weighted by Gasteiger charge is 2.37. The predicted octanol–water partition coefficient (Wildman–Crippen LogP) is 3.21. The van der Waals surface area contributed by atoms with Gasteiger partial charge in [-0.15, -0.1) is 0 Å². The lowest BCUT2D eigenvalue weighted by Gasteiger charge is -2.06. The molecule has 0 heterocycles. The number of hydrogen-bond donors (Lipinski definition) is 1. The van der Waals surface area contributed by atoms with Crippen LogP contribution < -0.4 is 5.32 Å². The van der Waals surface area contributed by atoms with Crippen molar-refractivity contribution in [1.29, 1.82) is 0 Å². The highest BCUT2D eigenvalue weighted by Crippen LogP contribution is 2.46. The number of rotatable bonds is 5. The van der Waals surface area contributed by atoms with Crippen LogP contribution in [0.3, 0.4) is 0 Å². The van der Waals surface area contributed by atoms with E-state index in [9.17, 15) is 0 Å². The zero-order valence-electron chi connectivity index (χ0n) is 10.7. The summed E-state index contributed by atoms with van der Waals surface area (Å²) < 4.78 is 0. The Bertz CT molecular complexity index is 326. The smallest absolute Gasteiger partial charge is 0.00175 e. The zero-order chi connectivity index (χ0) is 11.5. The molecule has 2 unspecified atom stereocenters. The summed E-state index contributed by atoms with van der Waals surface area (Å²) in [4.78, 5) is 0. The van der Waals surface area contributed by atoms with Gasteiger partial charge in [0, 0.05) is 0 Å². The summed E-state index contributed by atoms with van der Waals surface area (Å²) in [6.07, 6.45) is 2.56. The zero-order valence-corrected chi connectivity index (χ0v) is 10.7. The van der Waals surface area contributed by atoms with Gasteiger partial charge in [-0.05, 0) is 55.3 Å². The molecule has 1 aliphatic rings. The van der Waals surface area contributed by atoms with Crippen molar-refractivity contribution in [3.8, 4) is 0 Å². The van der Waals surface area contributed by atoms with Gasteiger partial charge in [0.05, 0.1) is 0 Å². The molecule has 1 N–H and O–H groups in total. The number of hydrogen-bond acceptors (Lipinski definition) is 1. The monoisotopic (exact) mass is 217 g/mol. The van der Waals surface area contributed by atoms with Crippen molar-refractivity contribution in [2.24, 2.45) is 11.8 Å². The van der Waals surface area contributed by atoms with Gasteiger partial charge in [0.25, 0.3) is 0 Å². The van der Waals surface area contributed by atoms with Crippen LogP contribution in [0.2, 0.25) is 0 Å². The maximum Gasteiger partial charge on any atom is -0.00175 e. The van der Waals surface area contributed by atoms with Crippen LogP contribution in [0.1, 0.15) is 37.3 Å². The van der Waals surface area contributed by atoms with Crippen LogP contribution in [0.25, 0.3) is 0 Å². The average Bonchev–Trinajstić information content (AvgIpc) is 2.98. The highest BCUT2D eigenvalue weighted by atomic mass is 14.8. The summed E-state index contributed by atoms with van der Waals surface area (Å²) >= 11 is 0. The molecule has 16 heavy (non-hydrogen) atoms. The summed E-state index contributed by atoms with van der Waals surface area (Å²) in [7, 11) is 2.04. The Labute approximate surface area is 99.3 Å². The summed E-state index contributed by atoms with van der Waals surface area (Å²) in [5.41, 5.74) is 3.01. The molecule has 88 valence electrons. The first-order valence-corrected chi connectivity index (χ1v) is 6.44. The molecule has 0 aliphatic heterocycles. The minimum atomic E-state index is 0.754. The van der Waals surface area contributed by atoms with Gasteiger partial charge < -0.3 is 5.32 Å². The highest BCUT2D eigenvalue weighted by molar-refractivity contribution is 5.29. The third kappa shape index (κ3) is 2.85. The Morgan fingerprint density at radius 3 is 2.50 bits per heavy atom. The van der Waals surface area contributed by atoms with Gasteiger partial charge in [0.1, 0.15) is 0 Å². The van der Waals surface area contributed by atoms with E-state index in [1.807, 2.05) is 7.05 Å². The third-order valence-electron chi connectivity index (χ3n) is 3.44. The number of nitrogens with one attached hydrogen (secondary N) is 1. The molecule has 1 aliphatic carbocycles. The van der Waals surface area contributed by atoms with E-state index in [1.165, 1.54) is 30.5 Å². The van der Waals surface area contributed by atoms with Crippen molar-refractivity contribution in [2.75, 3.05) is 13.6 Å².